The summed E-state index contributed by atoms with van der Waals surface area (Å²) in [6.07, 6.45) is 5.85. The van der Waals surface area contributed by atoms with Crippen molar-refractivity contribution in [2.75, 3.05) is 0 Å². The molecule has 2 nitrogen and oxygen atoms in total. The van der Waals surface area contributed by atoms with Crippen LogP contribution < -0.4 is 0 Å². The molecule has 2 heterocycles. The molecular weight excluding hydrogens is 410 g/mol. The fourth-order valence-electron chi connectivity index (χ4n) is 1.89. The third kappa shape index (κ3) is 8.03. The van der Waals surface area contributed by atoms with Gasteiger partial charge in [-0.15, -0.1) is 0 Å². The first-order chi connectivity index (χ1) is 10.1. The molecule has 0 N–H and O–H groups in total. The molecule has 0 radical (unpaired) electrons. The SMILES string of the molecule is CC[CH2][Sn]([Cl])([Cl])[CH2]CC.c1ccc(-c2ccccn2)nc1. The van der Waals surface area contributed by atoms with Crippen LogP contribution in [0.5, 0.6) is 0 Å². The maximum Gasteiger partial charge on any atom is 0.0886 e. The molecule has 0 saturated carbocycles. The molecule has 0 atom stereocenters. The van der Waals surface area contributed by atoms with Crippen molar-refractivity contribution in [3.63, 3.8) is 0 Å². The first kappa shape index (κ1) is 18.7. The van der Waals surface area contributed by atoms with Gasteiger partial charge in [0.2, 0.25) is 0 Å². The van der Waals surface area contributed by atoms with Gasteiger partial charge in [0.25, 0.3) is 0 Å². The zero-order chi connectivity index (χ0) is 15.6. The summed E-state index contributed by atoms with van der Waals surface area (Å²) in [7, 11) is 12.2. The van der Waals surface area contributed by atoms with E-state index in [2.05, 4.69) is 23.8 Å². The Morgan fingerprint density at radius 2 is 1.24 bits per heavy atom. The summed E-state index contributed by atoms with van der Waals surface area (Å²) >= 11 is -2.43. The van der Waals surface area contributed by atoms with Gasteiger partial charge in [0, 0.05) is 12.4 Å². The minimum atomic E-state index is -2.43. The maximum absolute atomic E-state index is 6.11. The molecule has 114 valence electrons. The summed E-state index contributed by atoms with van der Waals surface area (Å²) in [6, 6.07) is 11.6. The summed E-state index contributed by atoms with van der Waals surface area (Å²) in [5.41, 5.74) is 1.83. The van der Waals surface area contributed by atoms with E-state index in [9.17, 15) is 0 Å². The second-order valence-corrected chi connectivity index (χ2v) is 23.5. The summed E-state index contributed by atoms with van der Waals surface area (Å²) in [4.78, 5) is 8.37. The molecule has 0 aromatic carbocycles. The average Bonchev–Trinajstić information content (AvgIpc) is 2.49. The quantitative estimate of drug-likeness (QED) is 0.553. The van der Waals surface area contributed by atoms with Gasteiger partial charge in [-0.1, -0.05) is 12.1 Å². The molecule has 0 fully saturated rings. The molecule has 0 unspecified atom stereocenters. The molecule has 0 aliphatic heterocycles. The number of rotatable bonds is 5. The van der Waals surface area contributed by atoms with Crippen LogP contribution in [0.2, 0.25) is 8.87 Å². The third-order valence-electron chi connectivity index (χ3n) is 2.82. The van der Waals surface area contributed by atoms with Crippen molar-refractivity contribution in [3.05, 3.63) is 48.8 Å². The van der Waals surface area contributed by atoms with Gasteiger partial charge in [-0.05, 0) is 24.3 Å². The van der Waals surface area contributed by atoms with E-state index < -0.39 is 16.1 Å². The standard InChI is InChI=1S/C10H8N2.2C3H7.2ClH.Sn/c1-3-7-11-9(5-1)10-6-2-4-8-12-10;2*1-3-2;;;/h1-8H;2*1,3H2,2H3;2*1H;/q;;;;;+2/p-2. The van der Waals surface area contributed by atoms with Crippen LogP contribution in [0.4, 0.5) is 0 Å². The van der Waals surface area contributed by atoms with Crippen molar-refractivity contribution < 1.29 is 0 Å². The fraction of sp³-hybridized carbons (Fsp3) is 0.375. The van der Waals surface area contributed by atoms with Crippen LogP contribution >= 0.6 is 17.8 Å². The molecule has 0 amide bonds. The first-order valence-electron chi connectivity index (χ1n) is 7.29. The predicted molar refractivity (Wildman–Crippen MR) is 95.1 cm³/mol. The van der Waals surface area contributed by atoms with E-state index >= 15 is 0 Å². The first-order valence-corrected chi connectivity index (χ1v) is 18.6. The summed E-state index contributed by atoms with van der Waals surface area (Å²) in [5.74, 6) is 0. The molecule has 21 heavy (non-hydrogen) atoms. The molecule has 2 aromatic rings. The van der Waals surface area contributed by atoms with Gasteiger partial charge in [0.15, 0.2) is 0 Å². The summed E-state index contributed by atoms with van der Waals surface area (Å²) < 4.78 is 2.23. The Labute approximate surface area is 139 Å². The molecule has 0 spiro atoms. The van der Waals surface area contributed by atoms with Crippen molar-refractivity contribution >= 4 is 34.0 Å². The van der Waals surface area contributed by atoms with E-state index in [1.807, 2.05) is 36.4 Å². The molecular formula is C16H22Cl2N2Sn. The van der Waals surface area contributed by atoms with Crippen LogP contribution in [0.3, 0.4) is 0 Å². The van der Waals surface area contributed by atoms with Crippen molar-refractivity contribution in [2.24, 2.45) is 0 Å². The van der Waals surface area contributed by atoms with E-state index in [4.69, 9.17) is 17.8 Å². The smallest absolute Gasteiger partial charge is 0.0886 e. The van der Waals surface area contributed by atoms with E-state index in [-0.39, 0.29) is 0 Å². The van der Waals surface area contributed by atoms with E-state index in [1.165, 1.54) is 0 Å². The number of aromatic nitrogens is 2. The van der Waals surface area contributed by atoms with Gasteiger partial charge < -0.3 is 0 Å². The van der Waals surface area contributed by atoms with Crippen LogP contribution in [-0.4, -0.2) is 26.1 Å². The number of pyridine rings is 2. The zero-order valence-corrected chi connectivity index (χ0v) is 17.0. The van der Waals surface area contributed by atoms with Crippen LogP contribution in [0.15, 0.2) is 48.8 Å². The van der Waals surface area contributed by atoms with Gasteiger partial charge in [-0.25, -0.2) is 0 Å². The Morgan fingerprint density at radius 1 is 0.810 bits per heavy atom. The molecule has 2 aromatic heterocycles. The second-order valence-electron chi connectivity index (χ2n) is 4.79. The van der Waals surface area contributed by atoms with Crippen LogP contribution in [-0.2, 0) is 0 Å². The van der Waals surface area contributed by atoms with Crippen LogP contribution in [0.25, 0.3) is 11.4 Å². The van der Waals surface area contributed by atoms with E-state index in [1.54, 1.807) is 12.4 Å². The Balaban J connectivity index is 0.000000222. The summed E-state index contributed by atoms with van der Waals surface area (Å²) in [6.45, 7) is 4.29. The number of halogens is 2. The third-order valence-corrected chi connectivity index (χ3v) is 14.9. The zero-order valence-electron chi connectivity index (χ0n) is 12.6. The molecule has 0 aliphatic carbocycles. The Morgan fingerprint density at radius 3 is 1.52 bits per heavy atom. The second kappa shape index (κ2) is 10.4. The van der Waals surface area contributed by atoms with Crippen molar-refractivity contribution in [1.82, 2.24) is 9.97 Å². The molecule has 0 saturated heterocycles. The van der Waals surface area contributed by atoms with Gasteiger partial charge in [-0.2, -0.15) is 0 Å². The molecule has 0 bridgehead atoms. The molecule has 0 aliphatic rings. The summed E-state index contributed by atoms with van der Waals surface area (Å²) in [5, 5.41) is 0. The number of hydrogen-bond acceptors (Lipinski definition) is 2. The minimum absolute atomic E-state index is 0.915. The van der Waals surface area contributed by atoms with Gasteiger partial charge in [0.1, 0.15) is 0 Å². The molecule has 5 heteroatoms. The predicted octanol–water partition coefficient (Wildman–Crippen LogP) is 5.87. The Hall–Kier alpha value is -0.321. The van der Waals surface area contributed by atoms with Gasteiger partial charge in [-0.3, -0.25) is 9.97 Å². The van der Waals surface area contributed by atoms with Crippen LogP contribution in [0, 0.1) is 0 Å². The topological polar surface area (TPSA) is 25.8 Å². The normalized spacial score (nSPS) is 10.7. The average molecular weight is 432 g/mol. The van der Waals surface area contributed by atoms with Crippen molar-refractivity contribution in [1.29, 1.82) is 0 Å². The number of nitrogens with zero attached hydrogens (tertiary/aromatic N) is 2. The van der Waals surface area contributed by atoms with Crippen molar-refractivity contribution in [3.8, 4) is 11.4 Å². The Bertz CT molecular complexity index is 447. The Kier molecular flexibility index (Phi) is 9.29. The van der Waals surface area contributed by atoms with Gasteiger partial charge in [0.05, 0.1) is 11.4 Å². The molecule has 2 rings (SSSR count). The fourth-order valence-corrected chi connectivity index (χ4v) is 11.8. The largest absolute Gasteiger partial charge is 0.255 e. The van der Waals surface area contributed by atoms with Crippen molar-refractivity contribution in [2.45, 2.75) is 35.6 Å². The number of hydrogen-bond donors (Lipinski definition) is 0. The van der Waals surface area contributed by atoms with E-state index in [0.29, 0.717) is 0 Å². The minimum Gasteiger partial charge on any atom is -0.255 e. The maximum atomic E-state index is 6.11. The van der Waals surface area contributed by atoms with Crippen LogP contribution in [0.1, 0.15) is 26.7 Å². The van der Waals surface area contributed by atoms with Gasteiger partial charge >= 0.3 is 69.5 Å². The monoisotopic (exact) mass is 432 g/mol. The van der Waals surface area contributed by atoms with E-state index in [0.717, 1.165) is 33.1 Å².